The minimum Gasteiger partial charge on any atom is -0.328 e. The molecule has 0 aromatic rings. The molecule has 82 valence electrons. The highest BCUT2D eigenvalue weighted by Crippen LogP contribution is 2.32. The van der Waals surface area contributed by atoms with Crippen molar-refractivity contribution in [2.75, 3.05) is 19.6 Å². The van der Waals surface area contributed by atoms with Crippen LogP contribution in [-0.2, 0) is 0 Å². The van der Waals surface area contributed by atoms with Crippen molar-refractivity contribution >= 4 is 0 Å². The number of nitrogens with zero attached hydrogens (tertiary/aromatic N) is 1. The van der Waals surface area contributed by atoms with Gasteiger partial charge in [-0.15, -0.1) is 0 Å². The third kappa shape index (κ3) is 2.48. The summed E-state index contributed by atoms with van der Waals surface area (Å²) < 4.78 is 0. The van der Waals surface area contributed by atoms with Gasteiger partial charge in [-0.2, -0.15) is 0 Å². The first kappa shape index (κ1) is 10.4. The molecule has 1 saturated heterocycles. The lowest BCUT2D eigenvalue weighted by Gasteiger charge is -2.33. The maximum absolute atomic E-state index is 5.91. The first-order chi connectivity index (χ1) is 6.75. The van der Waals surface area contributed by atoms with Gasteiger partial charge >= 0.3 is 0 Å². The molecule has 14 heavy (non-hydrogen) atoms. The molecule has 0 bridgehead atoms. The maximum Gasteiger partial charge on any atom is 0.00631 e. The summed E-state index contributed by atoms with van der Waals surface area (Å²) in [6.45, 7) is 6.25. The van der Waals surface area contributed by atoms with Gasteiger partial charge < -0.3 is 10.6 Å². The first-order valence-electron chi connectivity index (χ1n) is 6.23. The van der Waals surface area contributed by atoms with Gasteiger partial charge in [0.05, 0.1) is 0 Å². The normalized spacial score (nSPS) is 36.4. The van der Waals surface area contributed by atoms with E-state index in [0.717, 1.165) is 11.8 Å². The van der Waals surface area contributed by atoms with Gasteiger partial charge in [-0.05, 0) is 44.2 Å². The van der Waals surface area contributed by atoms with Gasteiger partial charge in [0.2, 0.25) is 0 Å². The summed E-state index contributed by atoms with van der Waals surface area (Å²) >= 11 is 0. The molecule has 0 radical (unpaired) electrons. The first-order valence-corrected chi connectivity index (χ1v) is 6.23. The molecule has 0 aromatic carbocycles. The molecule has 1 aliphatic carbocycles. The van der Waals surface area contributed by atoms with Gasteiger partial charge in [0.25, 0.3) is 0 Å². The number of hydrogen-bond acceptors (Lipinski definition) is 2. The van der Waals surface area contributed by atoms with Gasteiger partial charge in [0.1, 0.15) is 0 Å². The highest BCUT2D eigenvalue weighted by molar-refractivity contribution is 4.80. The molecule has 2 aliphatic rings. The Balaban J connectivity index is 1.74. The molecule has 1 saturated carbocycles. The summed E-state index contributed by atoms with van der Waals surface area (Å²) in [6.07, 6.45) is 6.79. The lowest BCUT2D eigenvalue weighted by atomic mass is 9.96. The molecule has 2 heteroatoms. The molecule has 2 unspecified atom stereocenters. The number of nitrogens with two attached hydrogens (primary N) is 1. The Morgan fingerprint density at radius 2 is 1.86 bits per heavy atom. The van der Waals surface area contributed by atoms with E-state index in [4.69, 9.17) is 5.73 Å². The third-order valence-corrected chi connectivity index (χ3v) is 4.16. The fourth-order valence-electron chi connectivity index (χ4n) is 2.96. The lowest BCUT2D eigenvalue weighted by molar-refractivity contribution is 0.170. The zero-order chi connectivity index (χ0) is 9.97. The van der Waals surface area contributed by atoms with Crippen LogP contribution >= 0.6 is 0 Å². The van der Waals surface area contributed by atoms with Crippen LogP contribution in [0.25, 0.3) is 0 Å². The fraction of sp³-hybridized carbons (Fsp3) is 1.00. The van der Waals surface area contributed by atoms with Gasteiger partial charge in [0, 0.05) is 12.6 Å². The minimum absolute atomic E-state index is 0.479. The van der Waals surface area contributed by atoms with Crippen LogP contribution in [0, 0.1) is 11.8 Å². The Kier molecular flexibility index (Phi) is 3.45. The van der Waals surface area contributed by atoms with E-state index in [-0.39, 0.29) is 0 Å². The van der Waals surface area contributed by atoms with E-state index < -0.39 is 0 Å². The zero-order valence-electron chi connectivity index (χ0n) is 9.41. The smallest absolute Gasteiger partial charge is 0.00631 e. The Bertz CT molecular complexity index is 173. The van der Waals surface area contributed by atoms with Crippen molar-refractivity contribution in [1.82, 2.24) is 4.90 Å². The van der Waals surface area contributed by atoms with E-state index in [9.17, 15) is 0 Å². The van der Waals surface area contributed by atoms with Gasteiger partial charge in [-0.3, -0.25) is 0 Å². The minimum atomic E-state index is 0.479. The van der Waals surface area contributed by atoms with Crippen molar-refractivity contribution < 1.29 is 0 Å². The third-order valence-electron chi connectivity index (χ3n) is 4.16. The summed E-state index contributed by atoms with van der Waals surface area (Å²) in [5.41, 5.74) is 5.91. The largest absolute Gasteiger partial charge is 0.328 e. The molecule has 0 aromatic heterocycles. The Morgan fingerprint density at radius 1 is 1.14 bits per heavy atom. The van der Waals surface area contributed by atoms with E-state index in [1.807, 2.05) is 0 Å². The Morgan fingerprint density at radius 3 is 2.43 bits per heavy atom. The van der Waals surface area contributed by atoms with Crippen molar-refractivity contribution in [2.45, 2.75) is 45.1 Å². The second kappa shape index (κ2) is 4.63. The predicted molar refractivity (Wildman–Crippen MR) is 60.2 cm³/mol. The van der Waals surface area contributed by atoms with Crippen molar-refractivity contribution in [3.63, 3.8) is 0 Å². The van der Waals surface area contributed by atoms with Crippen LogP contribution < -0.4 is 5.73 Å². The van der Waals surface area contributed by atoms with E-state index in [0.29, 0.717) is 6.04 Å². The average molecular weight is 196 g/mol. The molecule has 2 atom stereocenters. The van der Waals surface area contributed by atoms with Crippen LogP contribution in [0.3, 0.4) is 0 Å². The number of piperidine rings is 1. The molecule has 0 spiro atoms. The Hall–Kier alpha value is -0.0800. The Labute approximate surface area is 87.8 Å². The van der Waals surface area contributed by atoms with Gasteiger partial charge in [0.15, 0.2) is 0 Å². The maximum atomic E-state index is 5.91. The summed E-state index contributed by atoms with van der Waals surface area (Å²) in [5.74, 6) is 1.94. The number of rotatable bonds is 2. The number of likely N-dealkylation sites (tertiary alicyclic amines) is 1. The summed E-state index contributed by atoms with van der Waals surface area (Å²) in [5, 5.41) is 0. The van der Waals surface area contributed by atoms with Crippen LogP contribution in [0.15, 0.2) is 0 Å². The molecule has 0 amide bonds. The molecule has 1 aliphatic heterocycles. The highest BCUT2D eigenvalue weighted by atomic mass is 15.1. The summed E-state index contributed by atoms with van der Waals surface area (Å²) in [6, 6.07) is 0.479. The summed E-state index contributed by atoms with van der Waals surface area (Å²) in [7, 11) is 0. The molecule has 2 nitrogen and oxygen atoms in total. The lowest BCUT2D eigenvalue weighted by Crippen LogP contribution is -2.42. The van der Waals surface area contributed by atoms with Crippen LogP contribution in [0.5, 0.6) is 0 Å². The molecular weight excluding hydrogens is 172 g/mol. The van der Waals surface area contributed by atoms with Crippen molar-refractivity contribution in [2.24, 2.45) is 17.6 Å². The van der Waals surface area contributed by atoms with E-state index in [2.05, 4.69) is 11.8 Å². The van der Waals surface area contributed by atoms with E-state index in [1.165, 1.54) is 51.7 Å². The summed E-state index contributed by atoms with van der Waals surface area (Å²) in [4.78, 5) is 2.63. The van der Waals surface area contributed by atoms with Gasteiger partial charge in [-0.25, -0.2) is 0 Å². The molecule has 2 N–H and O–H groups in total. The monoisotopic (exact) mass is 196 g/mol. The fourth-order valence-corrected chi connectivity index (χ4v) is 2.96. The average Bonchev–Trinajstić information content (AvgIpc) is 2.56. The zero-order valence-corrected chi connectivity index (χ0v) is 9.41. The predicted octanol–water partition coefficient (Wildman–Crippen LogP) is 1.85. The molecular formula is C12H24N2. The highest BCUT2D eigenvalue weighted by Gasteiger charge is 2.26. The number of hydrogen-bond donors (Lipinski definition) is 1. The molecule has 2 fully saturated rings. The van der Waals surface area contributed by atoms with Crippen molar-refractivity contribution in [3.05, 3.63) is 0 Å². The second-order valence-corrected chi connectivity index (χ2v) is 5.31. The topological polar surface area (TPSA) is 29.3 Å². The molecule has 1 heterocycles. The van der Waals surface area contributed by atoms with Crippen LogP contribution in [-0.4, -0.2) is 30.6 Å². The van der Waals surface area contributed by atoms with Crippen LogP contribution in [0.1, 0.15) is 39.0 Å². The quantitative estimate of drug-likeness (QED) is 0.730. The van der Waals surface area contributed by atoms with E-state index in [1.54, 1.807) is 0 Å². The van der Waals surface area contributed by atoms with E-state index >= 15 is 0 Å². The van der Waals surface area contributed by atoms with Crippen LogP contribution in [0.4, 0.5) is 0 Å². The van der Waals surface area contributed by atoms with Crippen molar-refractivity contribution in [3.8, 4) is 0 Å². The second-order valence-electron chi connectivity index (χ2n) is 5.31. The molecule has 2 rings (SSSR count). The van der Waals surface area contributed by atoms with Crippen LogP contribution in [0.2, 0.25) is 0 Å². The SMILES string of the molecule is CC1CCCC1CN1CCC(N)CC1. The van der Waals surface area contributed by atoms with Crippen molar-refractivity contribution in [1.29, 1.82) is 0 Å². The van der Waals surface area contributed by atoms with Gasteiger partial charge in [-0.1, -0.05) is 19.8 Å². The standard InChI is InChI=1S/C12H24N2/c1-10-3-2-4-11(10)9-14-7-5-12(13)6-8-14/h10-12H,2-9,13H2,1H3.